The molecule has 0 radical (unpaired) electrons. The van der Waals surface area contributed by atoms with Gasteiger partial charge >= 0.3 is 0 Å². The SMILES string of the molecule is CCC(C)C(C(=O)NOC1CCCC1)c1ccccc1. The Hall–Kier alpha value is -1.35. The third kappa shape index (κ3) is 3.83. The summed E-state index contributed by atoms with van der Waals surface area (Å²) < 4.78 is 0. The van der Waals surface area contributed by atoms with E-state index in [0.29, 0.717) is 5.92 Å². The first-order valence-corrected chi connectivity index (χ1v) is 7.72. The molecular formula is C17H25NO2. The molecule has 110 valence electrons. The predicted octanol–water partition coefficient (Wildman–Crippen LogP) is 3.81. The number of benzene rings is 1. The summed E-state index contributed by atoms with van der Waals surface area (Å²) in [4.78, 5) is 18.0. The molecule has 20 heavy (non-hydrogen) atoms. The van der Waals surface area contributed by atoms with Gasteiger partial charge in [-0.05, 0) is 24.3 Å². The van der Waals surface area contributed by atoms with Crippen LogP contribution in [0.3, 0.4) is 0 Å². The minimum Gasteiger partial charge on any atom is -0.272 e. The predicted molar refractivity (Wildman–Crippen MR) is 80.1 cm³/mol. The van der Waals surface area contributed by atoms with Crippen molar-refractivity contribution in [3.63, 3.8) is 0 Å². The molecule has 0 aliphatic heterocycles. The van der Waals surface area contributed by atoms with Crippen molar-refractivity contribution in [2.75, 3.05) is 0 Å². The Labute approximate surface area is 121 Å². The van der Waals surface area contributed by atoms with Gasteiger partial charge in [0.05, 0.1) is 12.0 Å². The van der Waals surface area contributed by atoms with Crippen LogP contribution < -0.4 is 5.48 Å². The molecule has 3 nitrogen and oxygen atoms in total. The van der Waals surface area contributed by atoms with Gasteiger partial charge in [0.2, 0.25) is 0 Å². The highest BCUT2D eigenvalue weighted by Crippen LogP contribution is 2.27. The largest absolute Gasteiger partial charge is 0.272 e. The number of rotatable bonds is 6. The quantitative estimate of drug-likeness (QED) is 0.802. The van der Waals surface area contributed by atoms with Crippen LogP contribution in [-0.2, 0) is 9.63 Å². The molecule has 0 saturated heterocycles. The number of amides is 1. The molecule has 2 unspecified atom stereocenters. The minimum absolute atomic E-state index is 0.0163. The molecular weight excluding hydrogens is 250 g/mol. The first-order chi connectivity index (χ1) is 9.72. The first kappa shape index (κ1) is 15.0. The molecule has 1 aliphatic carbocycles. The number of nitrogens with one attached hydrogen (secondary N) is 1. The Bertz CT molecular complexity index is 412. The van der Waals surface area contributed by atoms with Gasteiger partial charge < -0.3 is 0 Å². The molecule has 1 saturated carbocycles. The van der Waals surface area contributed by atoms with Gasteiger partial charge in [-0.3, -0.25) is 9.63 Å². The second kappa shape index (κ2) is 7.44. The lowest BCUT2D eigenvalue weighted by Crippen LogP contribution is -2.35. The lowest BCUT2D eigenvalue weighted by molar-refractivity contribution is -0.141. The summed E-state index contributed by atoms with van der Waals surface area (Å²) in [6.07, 6.45) is 5.69. The van der Waals surface area contributed by atoms with Gasteiger partial charge in [-0.15, -0.1) is 0 Å². The van der Waals surface area contributed by atoms with Crippen molar-refractivity contribution in [3.8, 4) is 0 Å². The number of hydrogen-bond donors (Lipinski definition) is 1. The van der Waals surface area contributed by atoms with Crippen LogP contribution in [0.15, 0.2) is 30.3 Å². The number of hydroxylamine groups is 1. The number of hydrogen-bond acceptors (Lipinski definition) is 2. The van der Waals surface area contributed by atoms with E-state index in [1.807, 2.05) is 30.3 Å². The third-order valence-electron chi connectivity index (χ3n) is 4.28. The maximum absolute atomic E-state index is 12.5. The van der Waals surface area contributed by atoms with Gasteiger partial charge in [0.1, 0.15) is 0 Å². The van der Waals surface area contributed by atoms with Crippen LogP contribution in [-0.4, -0.2) is 12.0 Å². The van der Waals surface area contributed by atoms with Crippen LogP contribution in [0.2, 0.25) is 0 Å². The minimum atomic E-state index is -0.136. The molecule has 0 spiro atoms. The second-order valence-corrected chi connectivity index (χ2v) is 5.76. The summed E-state index contributed by atoms with van der Waals surface area (Å²) in [7, 11) is 0. The zero-order valence-electron chi connectivity index (χ0n) is 12.5. The Morgan fingerprint density at radius 2 is 1.95 bits per heavy atom. The Morgan fingerprint density at radius 3 is 2.55 bits per heavy atom. The van der Waals surface area contributed by atoms with Crippen LogP contribution in [0.5, 0.6) is 0 Å². The third-order valence-corrected chi connectivity index (χ3v) is 4.28. The van der Waals surface area contributed by atoms with Crippen LogP contribution in [0.4, 0.5) is 0 Å². The van der Waals surface area contributed by atoms with Gasteiger partial charge in [0.15, 0.2) is 0 Å². The Morgan fingerprint density at radius 1 is 1.30 bits per heavy atom. The molecule has 3 heteroatoms. The van der Waals surface area contributed by atoms with Crippen molar-refractivity contribution in [3.05, 3.63) is 35.9 Å². The van der Waals surface area contributed by atoms with Crippen LogP contribution >= 0.6 is 0 Å². The van der Waals surface area contributed by atoms with Gasteiger partial charge in [0, 0.05) is 0 Å². The van der Waals surface area contributed by atoms with Crippen molar-refractivity contribution < 1.29 is 9.63 Å². The molecule has 2 rings (SSSR count). The molecule has 1 aliphatic rings. The average molecular weight is 275 g/mol. The molecule has 1 aromatic rings. The van der Waals surface area contributed by atoms with E-state index in [1.165, 1.54) is 12.8 Å². The van der Waals surface area contributed by atoms with Crippen molar-refractivity contribution in [1.82, 2.24) is 5.48 Å². The average Bonchev–Trinajstić information content (AvgIpc) is 2.99. The van der Waals surface area contributed by atoms with E-state index in [0.717, 1.165) is 24.8 Å². The lowest BCUT2D eigenvalue weighted by Gasteiger charge is -2.23. The molecule has 2 atom stereocenters. The standard InChI is InChI=1S/C17H25NO2/c1-3-13(2)16(14-9-5-4-6-10-14)17(19)18-20-15-11-7-8-12-15/h4-6,9-10,13,15-16H,3,7-8,11-12H2,1-2H3,(H,18,19). The molecule has 1 aromatic carbocycles. The molecule has 0 heterocycles. The van der Waals surface area contributed by atoms with E-state index in [2.05, 4.69) is 19.3 Å². The summed E-state index contributed by atoms with van der Waals surface area (Å²) in [5, 5.41) is 0. The van der Waals surface area contributed by atoms with Gasteiger partial charge in [-0.1, -0.05) is 63.4 Å². The second-order valence-electron chi connectivity index (χ2n) is 5.76. The fourth-order valence-corrected chi connectivity index (χ4v) is 2.85. The molecule has 0 bridgehead atoms. The first-order valence-electron chi connectivity index (χ1n) is 7.72. The smallest absolute Gasteiger partial charge is 0.251 e. The summed E-state index contributed by atoms with van der Waals surface area (Å²) >= 11 is 0. The summed E-state index contributed by atoms with van der Waals surface area (Å²) in [5.74, 6) is 0.143. The molecule has 1 fully saturated rings. The van der Waals surface area contributed by atoms with E-state index in [9.17, 15) is 4.79 Å². The normalized spacial score (nSPS) is 18.7. The zero-order chi connectivity index (χ0) is 14.4. The van der Waals surface area contributed by atoms with Crippen molar-refractivity contribution >= 4 is 5.91 Å². The van der Waals surface area contributed by atoms with E-state index in [-0.39, 0.29) is 17.9 Å². The Kier molecular flexibility index (Phi) is 5.60. The number of carbonyl (C=O) groups is 1. The monoisotopic (exact) mass is 275 g/mol. The summed E-state index contributed by atoms with van der Waals surface area (Å²) in [6.45, 7) is 4.23. The summed E-state index contributed by atoms with van der Waals surface area (Å²) in [6, 6.07) is 9.98. The maximum Gasteiger partial charge on any atom is 0.251 e. The van der Waals surface area contributed by atoms with Crippen molar-refractivity contribution in [2.45, 2.75) is 58.0 Å². The number of carbonyl (C=O) groups excluding carboxylic acids is 1. The van der Waals surface area contributed by atoms with E-state index >= 15 is 0 Å². The van der Waals surface area contributed by atoms with Gasteiger partial charge in [-0.2, -0.15) is 0 Å². The highest BCUT2D eigenvalue weighted by molar-refractivity contribution is 5.83. The van der Waals surface area contributed by atoms with E-state index in [1.54, 1.807) is 0 Å². The van der Waals surface area contributed by atoms with Gasteiger partial charge in [-0.25, -0.2) is 5.48 Å². The Balaban J connectivity index is 2.00. The molecule has 1 N–H and O–H groups in total. The fraction of sp³-hybridized carbons (Fsp3) is 0.588. The van der Waals surface area contributed by atoms with Crippen LogP contribution in [0.1, 0.15) is 57.4 Å². The molecule has 0 aromatic heterocycles. The zero-order valence-corrected chi connectivity index (χ0v) is 12.5. The van der Waals surface area contributed by atoms with E-state index in [4.69, 9.17) is 4.84 Å². The maximum atomic E-state index is 12.5. The van der Waals surface area contributed by atoms with Crippen molar-refractivity contribution in [2.24, 2.45) is 5.92 Å². The van der Waals surface area contributed by atoms with E-state index < -0.39 is 0 Å². The fourth-order valence-electron chi connectivity index (χ4n) is 2.85. The van der Waals surface area contributed by atoms with Crippen LogP contribution in [0, 0.1) is 5.92 Å². The highest BCUT2D eigenvalue weighted by Gasteiger charge is 2.27. The highest BCUT2D eigenvalue weighted by atomic mass is 16.7. The van der Waals surface area contributed by atoms with Crippen molar-refractivity contribution in [1.29, 1.82) is 0 Å². The molecule has 1 amide bonds. The topological polar surface area (TPSA) is 38.3 Å². The summed E-state index contributed by atoms with van der Waals surface area (Å²) in [5.41, 5.74) is 3.76. The lowest BCUT2D eigenvalue weighted by atomic mass is 9.85. The van der Waals surface area contributed by atoms with Crippen LogP contribution in [0.25, 0.3) is 0 Å². The van der Waals surface area contributed by atoms with Gasteiger partial charge in [0.25, 0.3) is 5.91 Å².